The highest BCUT2D eigenvalue weighted by Crippen LogP contribution is 2.19. The molecule has 1 aromatic rings. The van der Waals surface area contributed by atoms with Crippen LogP contribution in [0.5, 0.6) is 0 Å². The van der Waals surface area contributed by atoms with Gasteiger partial charge >= 0.3 is 5.97 Å². The number of hydrogen-bond acceptors (Lipinski definition) is 4. The zero-order valence-corrected chi connectivity index (χ0v) is 11.3. The third kappa shape index (κ3) is 3.57. The molecular weight excluding hydrogens is 274 g/mol. The summed E-state index contributed by atoms with van der Waals surface area (Å²) in [7, 11) is -3.75. The summed E-state index contributed by atoms with van der Waals surface area (Å²) in [5.41, 5.74) is 0. The number of thiophene rings is 1. The van der Waals surface area contributed by atoms with Gasteiger partial charge in [0.25, 0.3) is 0 Å². The van der Waals surface area contributed by atoms with Crippen LogP contribution in [0.25, 0.3) is 0 Å². The predicted octanol–water partition coefficient (Wildman–Crippen LogP) is 1.53. The summed E-state index contributed by atoms with van der Waals surface area (Å²) in [6.07, 6.45) is 6.51. The molecule has 2 N–H and O–H groups in total. The highest BCUT2D eigenvalue weighted by atomic mass is 32.2. The highest BCUT2D eigenvalue weighted by molar-refractivity contribution is 7.89. The fraction of sp³-hybridized carbons (Fsp3) is 0.364. The van der Waals surface area contributed by atoms with Crippen LogP contribution in [-0.2, 0) is 10.0 Å². The largest absolute Gasteiger partial charge is 0.477 e. The van der Waals surface area contributed by atoms with Crippen LogP contribution in [0.1, 0.15) is 29.4 Å². The van der Waals surface area contributed by atoms with Crippen LogP contribution < -0.4 is 4.72 Å². The Kier molecular flexibility index (Phi) is 4.90. The summed E-state index contributed by atoms with van der Waals surface area (Å²) < 4.78 is 26.2. The first kappa shape index (κ1) is 14.7. The number of nitrogens with one attached hydrogen (secondary N) is 1. The zero-order valence-electron chi connectivity index (χ0n) is 9.71. The molecule has 0 saturated heterocycles. The molecule has 0 aliphatic heterocycles. The van der Waals surface area contributed by atoms with Crippen LogP contribution in [0.2, 0.25) is 0 Å². The number of carbonyl (C=O) groups is 1. The molecule has 0 fully saturated rings. The Morgan fingerprint density at radius 3 is 2.78 bits per heavy atom. The van der Waals surface area contributed by atoms with Gasteiger partial charge in [-0.15, -0.1) is 17.8 Å². The molecule has 18 heavy (non-hydrogen) atoms. The van der Waals surface area contributed by atoms with Gasteiger partial charge in [-0.1, -0.05) is 19.3 Å². The second kappa shape index (κ2) is 6.00. The Bertz CT molecular complexity index is 568. The van der Waals surface area contributed by atoms with Crippen molar-refractivity contribution in [3.05, 3.63) is 16.3 Å². The van der Waals surface area contributed by atoms with Gasteiger partial charge in [0.05, 0.1) is 10.9 Å². The average molecular weight is 287 g/mol. The van der Waals surface area contributed by atoms with Gasteiger partial charge in [0.1, 0.15) is 4.88 Å². The van der Waals surface area contributed by atoms with Crippen molar-refractivity contribution in [2.24, 2.45) is 0 Å². The van der Waals surface area contributed by atoms with E-state index in [1.165, 1.54) is 5.38 Å². The maximum atomic E-state index is 11.9. The minimum absolute atomic E-state index is 0.0249. The first-order valence-electron chi connectivity index (χ1n) is 5.21. The van der Waals surface area contributed by atoms with E-state index in [9.17, 15) is 13.2 Å². The summed E-state index contributed by atoms with van der Waals surface area (Å²) in [5.74, 6) is 1.21. The Hall–Kier alpha value is -1.36. The summed E-state index contributed by atoms with van der Waals surface area (Å²) in [6, 6.07) is 0.544. The molecule has 0 spiro atoms. The van der Waals surface area contributed by atoms with Crippen molar-refractivity contribution in [1.82, 2.24) is 4.72 Å². The van der Waals surface area contributed by atoms with E-state index < -0.39 is 22.0 Å². The minimum atomic E-state index is -3.75. The van der Waals surface area contributed by atoms with Crippen molar-refractivity contribution >= 4 is 27.3 Å². The van der Waals surface area contributed by atoms with Gasteiger partial charge in [0.2, 0.25) is 10.0 Å². The summed E-state index contributed by atoms with van der Waals surface area (Å²) in [5, 5.41) is 10.0. The smallest absolute Gasteiger partial charge is 0.345 e. The summed E-state index contributed by atoms with van der Waals surface area (Å²) in [4.78, 5) is 10.6. The van der Waals surface area contributed by atoms with Crippen LogP contribution in [0.15, 0.2) is 16.3 Å². The second-order valence-corrected chi connectivity index (χ2v) is 6.21. The summed E-state index contributed by atoms with van der Waals surface area (Å²) >= 11 is 0.862. The first-order chi connectivity index (χ1) is 8.40. The number of carboxylic acid groups (broad SMARTS) is 1. The van der Waals surface area contributed by atoms with Crippen LogP contribution in [-0.4, -0.2) is 25.5 Å². The fourth-order valence-electron chi connectivity index (χ4n) is 1.29. The molecule has 0 aliphatic rings. The molecule has 1 atom stereocenters. The van der Waals surface area contributed by atoms with E-state index in [0.717, 1.165) is 23.8 Å². The molecule has 0 saturated carbocycles. The molecule has 1 rings (SSSR count). The number of terminal acetylenes is 1. The van der Waals surface area contributed by atoms with Gasteiger partial charge in [0.15, 0.2) is 0 Å². The lowest BCUT2D eigenvalue weighted by atomic mass is 10.2. The lowest BCUT2D eigenvalue weighted by Crippen LogP contribution is -2.33. The molecule has 0 aliphatic carbocycles. The monoisotopic (exact) mass is 287 g/mol. The van der Waals surface area contributed by atoms with Gasteiger partial charge in [-0.05, 0) is 12.5 Å². The van der Waals surface area contributed by atoms with Crippen LogP contribution in [0.3, 0.4) is 0 Å². The van der Waals surface area contributed by atoms with Gasteiger partial charge in [-0.3, -0.25) is 0 Å². The van der Waals surface area contributed by atoms with Crippen molar-refractivity contribution in [2.75, 3.05) is 0 Å². The molecule has 98 valence electrons. The predicted molar refractivity (Wildman–Crippen MR) is 69.1 cm³/mol. The molecule has 0 amide bonds. The van der Waals surface area contributed by atoms with E-state index in [1.54, 1.807) is 0 Å². The molecule has 0 bridgehead atoms. The number of aromatic carboxylic acids is 1. The number of rotatable bonds is 6. The topological polar surface area (TPSA) is 83.5 Å². The van der Waals surface area contributed by atoms with Crippen LogP contribution in [0, 0.1) is 12.3 Å². The standard InChI is InChI=1S/C11H13NO4S2/c1-3-5-8(4-2)12-18(15,16)9-6-10(11(13)14)17-7-9/h2,6-8,12H,3,5H2,1H3,(H,13,14). The molecule has 0 radical (unpaired) electrons. The Morgan fingerprint density at radius 2 is 2.33 bits per heavy atom. The number of sulfonamides is 1. The number of hydrogen-bond donors (Lipinski definition) is 2. The third-order valence-corrected chi connectivity index (χ3v) is 4.69. The van der Waals surface area contributed by atoms with E-state index in [-0.39, 0.29) is 9.77 Å². The van der Waals surface area contributed by atoms with Crippen molar-refractivity contribution < 1.29 is 18.3 Å². The van der Waals surface area contributed by atoms with E-state index in [2.05, 4.69) is 10.6 Å². The zero-order chi connectivity index (χ0) is 13.8. The Balaban J connectivity index is 2.92. The quantitative estimate of drug-likeness (QED) is 0.777. The van der Waals surface area contributed by atoms with E-state index >= 15 is 0 Å². The Morgan fingerprint density at radius 1 is 1.67 bits per heavy atom. The highest BCUT2D eigenvalue weighted by Gasteiger charge is 2.21. The molecule has 5 nitrogen and oxygen atoms in total. The first-order valence-corrected chi connectivity index (χ1v) is 7.57. The maximum absolute atomic E-state index is 11.9. The summed E-state index contributed by atoms with van der Waals surface area (Å²) in [6.45, 7) is 1.89. The average Bonchev–Trinajstić information content (AvgIpc) is 2.78. The molecule has 1 unspecified atom stereocenters. The molecule has 1 aromatic heterocycles. The molecule has 1 heterocycles. The fourth-order valence-corrected chi connectivity index (χ4v) is 3.59. The lowest BCUT2D eigenvalue weighted by Gasteiger charge is -2.11. The van der Waals surface area contributed by atoms with Crippen molar-refractivity contribution in [3.8, 4) is 12.3 Å². The van der Waals surface area contributed by atoms with Gasteiger partial charge in [-0.25, -0.2) is 13.2 Å². The van der Waals surface area contributed by atoms with Gasteiger partial charge in [-0.2, -0.15) is 4.72 Å². The van der Waals surface area contributed by atoms with Crippen LogP contribution >= 0.6 is 11.3 Å². The molecular formula is C11H13NO4S2. The van der Waals surface area contributed by atoms with Crippen molar-refractivity contribution in [1.29, 1.82) is 0 Å². The normalized spacial score (nSPS) is 12.9. The maximum Gasteiger partial charge on any atom is 0.345 e. The van der Waals surface area contributed by atoms with E-state index in [4.69, 9.17) is 11.5 Å². The van der Waals surface area contributed by atoms with Gasteiger partial charge < -0.3 is 5.11 Å². The van der Waals surface area contributed by atoms with E-state index in [0.29, 0.717) is 6.42 Å². The SMILES string of the molecule is C#CC(CCC)NS(=O)(=O)c1csc(C(=O)O)c1. The number of carboxylic acids is 1. The van der Waals surface area contributed by atoms with Crippen molar-refractivity contribution in [2.45, 2.75) is 30.7 Å². The van der Waals surface area contributed by atoms with E-state index in [1.807, 2.05) is 6.92 Å². The molecule has 7 heteroatoms. The lowest BCUT2D eigenvalue weighted by molar-refractivity contribution is 0.0702. The Labute approximate surface area is 110 Å². The third-order valence-electron chi connectivity index (χ3n) is 2.17. The minimum Gasteiger partial charge on any atom is -0.477 e. The van der Waals surface area contributed by atoms with Gasteiger partial charge in [0, 0.05) is 5.38 Å². The second-order valence-electron chi connectivity index (χ2n) is 3.58. The molecule has 0 aromatic carbocycles. The van der Waals surface area contributed by atoms with Crippen LogP contribution in [0.4, 0.5) is 0 Å². The van der Waals surface area contributed by atoms with Crippen molar-refractivity contribution in [3.63, 3.8) is 0 Å².